The van der Waals surface area contributed by atoms with Crippen LogP contribution in [-0.4, -0.2) is 29.3 Å². The number of carbonyl (C=O) groups is 1. The number of phenols is 1. The van der Waals surface area contributed by atoms with E-state index in [9.17, 15) is 20.0 Å². The number of ether oxygens (including phenoxy) is 1. The van der Waals surface area contributed by atoms with Gasteiger partial charge in [-0.2, -0.15) is 5.10 Å². The first-order valence-electron chi connectivity index (χ1n) is 6.56. The average Bonchev–Trinajstić information content (AvgIpc) is 2.55. The highest BCUT2D eigenvalue weighted by Crippen LogP contribution is 2.36. The molecule has 2 aromatic rings. The molecule has 124 valence electrons. The summed E-state index contributed by atoms with van der Waals surface area (Å²) in [5.41, 5.74) is 2.47. The number of rotatable bonds is 5. The first-order valence-corrected chi connectivity index (χ1v) is 7.36. The summed E-state index contributed by atoms with van der Waals surface area (Å²) in [6.45, 7) is 0. The number of nitrogens with zero attached hydrogens (tertiary/aromatic N) is 2. The molecule has 0 radical (unpaired) electrons. The van der Waals surface area contributed by atoms with E-state index in [-0.39, 0.29) is 11.3 Å². The molecule has 0 unspecified atom stereocenters. The Hall–Kier alpha value is -2.94. The monoisotopic (exact) mass is 393 g/mol. The van der Waals surface area contributed by atoms with Crippen LogP contribution in [0.3, 0.4) is 0 Å². The van der Waals surface area contributed by atoms with Crippen molar-refractivity contribution in [2.45, 2.75) is 0 Å². The zero-order valence-corrected chi connectivity index (χ0v) is 14.0. The van der Waals surface area contributed by atoms with Crippen LogP contribution in [0.2, 0.25) is 0 Å². The predicted molar refractivity (Wildman–Crippen MR) is 90.5 cm³/mol. The second-order valence-electron chi connectivity index (χ2n) is 4.56. The minimum Gasteiger partial charge on any atom is -0.500 e. The number of hydrogen-bond donors (Lipinski definition) is 2. The third-order valence-corrected chi connectivity index (χ3v) is 3.45. The van der Waals surface area contributed by atoms with Gasteiger partial charge in [0.1, 0.15) is 0 Å². The van der Waals surface area contributed by atoms with Gasteiger partial charge in [0.25, 0.3) is 5.91 Å². The number of benzene rings is 2. The summed E-state index contributed by atoms with van der Waals surface area (Å²) in [5, 5.41) is 24.4. The van der Waals surface area contributed by atoms with Crippen molar-refractivity contribution < 1.29 is 19.6 Å². The number of aromatic hydroxyl groups is 1. The molecule has 0 aliphatic rings. The van der Waals surface area contributed by atoms with Gasteiger partial charge in [-0.05, 0) is 24.3 Å². The van der Waals surface area contributed by atoms with E-state index < -0.39 is 22.3 Å². The number of phenolic OH excluding ortho intramolecular Hbond substituents is 1. The first kappa shape index (κ1) is 17.4. The number of amides is 1. The first-order chi connectivity index (χ1) is 11.4. The van der Waals surface area contributed by atoms with E-state index in [1.165, 1.54) is 19.4 Å². The lowest BCUT2D eigenvalue weighted by molar-refractivity contribution is -0.386. The van der Waals surface area contributed by atoms with Crippen LogP contribution in [-0.2, 0) is 0 Å². The number of nitro benzene ring substituents is 1. The predicted octanol–water partition coefficient (Wildman–Crippen LogP) is 2.84. The summed E-state index contributed by atoms with van der Waals surface area (Å²) in [6.07, 6.45) is 1.21. The number of nitro groups is 1. The molecule has 0 saturated carbocycles. The Labute approximate surface area is 145 Å². The normalized spacial score (nSPS) is 10.6. The Bertz CT molecular complexity index is 823. The molecule has 0 aromatic heterocycles. The third-order valence-electron chi connectivity index (χ3n) is 2.96. The molecule has 8 nitrogen and oxygen atoms in total. The largest absolute Gasteiger partial charge is 0.500 e. The maximum absolute atomic E-state index is 11.9. The maximum Gasteiger partial charge on any atom is 0.315 e. The van der Waals surface area contributed by atoms with Crippen LogP contribution < -0.4 is 10.2 Å². The van der Waals surface area contributed by atoms with E-state index in [2.05, 4.69) is 26.5 Å². The number of hydrazone groups is 1. The van der Waals surface area contributed by atoms with Crippen LogP contribution in [0.15, 0.2) is 46.0 Å². The van der Waals surface area contributed by atoms with Crippen molar-refractivity contribution in [1.82, 2.24) is 5.43 Å². The van der Waals surface area contributed by atoms with Crippen LogP contribution in [0.1, 0.15) is 15.9 Å². The quantitative estimate of drug-likeness (QED) is 0.460. The number of nitrogens with one attached hydrogen (secondary N) is 1. The Morgan fingerprint density at radius 3 is 2.79 bits per heavy atom. The second kappa shape index (κ2) is 7.55. The van der Waals surface area contributed by atoms with Crippen LogP contribution in [0, 0.1) is 10.1 Å². The molecule has 0 spiro atoms. The van der Waals surface area contributed by atoms with E-state index in [0.29, 0.717) is 5.56 Å². The Morgan fingerprint density at radius 2 is 2.17 bits per heavy atom. The highest BCUT2D eigenvalue weighted by molar-refractivity contribution is 9.10. The minimum atomic E-state index is -0.741. The zero-order chi connectivity index (χ0) is 17.7. The zero-order valence-electron chi connectivity index (χ0n) is 12.4. The summed E-state index contributed by atoms with van der Waals surface area (Å²) < 4.78 is 5.63. The lowest BCUT2D eigenvalue weighted by atomic mass is 10.2. The summed E-state index contributed by atoms with van der Waals surface area (Å²) in [7, 11) is 1.27. The Kier molecular flexibility index (Phi) is 5.48. The van der Waals surface area contributed by atoms with Gasteiger partial charge in [0.2, 0.25) is 5.75 Å². The summed E-state index contributed by atoms with van der Waals surface area (Å²) in [4.78, 5) is 22.1. The van der Waals surface area contributed by atoms with Gasteiger partial charge in [0.05, 0.1) is 18.2 Å². The minimum absolute atomic E-state index is 0.0658. The molecule has 0 aliphatic carbocycles. The molecule has 0 heterocycles. The molecule has 1 amide bonds. The van der Waals surface area contributed by atoms with Crippen molar-refractivity contribution in [3.8, 4) is 11.5 Å². The number of methoxy groups -OCH3 is 1. The van der Waals surface area contributed by atoms with Crippen LogP contribution >= 0.6 is 15.9 Å². The van der Waals surface area contributed by atoms with E-state index in [0.717, 1.165) is 10.5 Å². The summed E-state index contributed by atoms with van der Waals surface area (Å²) in [6, 6.07) is 9.20. The van der Waals surface area contributed by atoms with E-state index in [4.69, 9.17) is 4.74 Å². The second-order valence-corrected chi connectivity index (χ2v) is 5.47. The van der Waals surface area contributed by atoms with E-state index in [1.807, 2.05) is 0 Å². The molecular weight excluding hydrogens is 382 g/mol. The lowest BCUT2D eigenvalue weighted by Gasteiger charge is -2.05. The molecule has 0 fully saturated rings. The van der Waals surface area contributed by atoms with Gasteiger partial charge in [-0.3, -0.25) is 14.9 Å². The van der Waals surface area contributed by atoms with Crippen molar-refractivity contribution in [1.29, 1.82) is 0 Å². The SMILES string of the molecule is COc1cc(C=NNC(=O)c2cccc(Br)c2)cc([N+](=O)[O-])c1O. The third kappa shape index (κ3) is 4.07. The number of halogens is 1. The molecule has 0 aliphatic heterocycles. The molecule has 2 rings (SSSR count). The molecule has 24 heavy (non-hydrogen) atoms. The topological polar surface area (TPSA) is 114 Å². The van der Waals surface area contributed by atoms with Crippen molar-refractivity contribution in [2.75, 3.05) is 7.11 Å². The van der Waals surface area contributed by atoms with Crippen molar-refractivity contribution in [3.05, 3.63) is 62.1 Å². The van der Waals surface area contributed by atoms with Gasteiger partial charge in [0.15, 0.2) is 5.75 Å². The Morgan fingerprint density at radius 1 is 1.42 bits per heavy atom. The van der Waals surface area contributed by atoms with Gasteiger partial charge < -0.3 is 9.84 Å². The van der Waals surface area contributed by atoms with Crippen LogP contribution in [0.5, 0.6) is 11.5 Å². The summed E-state index contributed by atoms with van der Waals surface area (Å²) >= 11 is 3.26. The smallest absolute Gasteiger partial charge is 0.315 e. The molecular formula is C15H12BrN3O5. The van der Waals surface area contributed by atoms with Gasteiger partial charge >= 0.3 is 5.69 Å². The fourth-order valence-corrected chi connectivity index (χ4v) is 2.24. The highest BCUT2D eigenvalue weighted by atomic mass is 79.9. The van der Waals surface area contributed by atoms with E-state index in [1.54, 1.807) is 24.3 Å². The van der Waals surface area contributed by atoms with Gasteiger partial charge in [-0.1, -0.05) is 22.0 Å². The molecule has 0 saturated heterocycles. The number of carbonyl (C=O) groups excluding carboxylic acids is 1. The van der Waals surface area contributed by atoms with Gasteiger partial charge in [-0.15, -0.1) is 0 Å². The molecule has 2 N–H and O–H groups in total. The fraction of sp³-hybridized carbons (Fsp3) is 0.0667. The fourth-order valence-electron chi connectivity index (χ4n) is 1.84. The molecule has 2 aromatic carbocycles. The average molecular weight is 394 g/mol. The van der Waals surface area contributed by atoms with Crippen LogP contribution in [0.25, 0.3) is 0 Å². The van der Waals surface area contributed by atoms with Crippen molar-refractivity contribution in [2.24, 2.45) is 5.10 Å². The molecule has 0 atom stereocenters. The standard InChI is InChI=1S/C15H12BrN3O5/c1-24-13-6-9(5-12(14(13)20)19(22)23)8-17-18-15(21)10-3-2-4-11(16)7-10/h2-8,20H,1H3,(H,18,21). The maximum atomic E-state index is 11.9. The van der Waals surface area contributed by atoms with Gasteiger partial charge in [-0.25, -0.2) is 5.43 Å². The highest BCUT2D eigenvalue weighted by Gasteiger charge is 2.19. The van der Waals surface area contributed by atoms with Crippen LogP contribution in [0.4, 0.5) is 5.69 Å². The number of hydrogen-bond acceptors (Lipinski definition) is 6. The summed E-state index contributed by atoms with van der Waals surface area (Å²) in [5.74, 6) is -1.07. The molecule has 9 heteroatoms. The van der Waals surface area contributed by atoms with Gasteiger partial charge in [0, 0.05) is 21.7 Å². The lowest BCUT2D eigenvalue weighted by Crippen LogP contribution is -2.17. The van der Waals surface area contributed by atoms with Crippen molar-refractivity contribution in [3.63, 3.8) is 0 Å². The molecule has 0 bridgehead atoms. The van der Waals surface area contributed by atoms with Crippen molar-refractivity contribution >= 4 is 33.7 Å². The van der Waals surface area contributed by atoms with E-state index >= 15 is 0 Å². The Balaban J connectivity index is 2.18.